The molecule has 0 radical (unpaired) electrons. The van der Waals surface area contributed by atoms with Crippen molar-refractivity contribution in [2.75, 3.05) is 12.4 Å². The summed E-state index contributed by atoms with van der Waals surface area (Å²) >= 11 is 0. The van der Waals surface area contributed by atoms with Gasteiger partial charge in [-0.2, -0.15) is 0 Å². The smallest absolute Gasteiger partial charge is 0.411 e. The van der Waals surface area contributed by atoms with E-state index in [1.165, 1.54) is 32.1 Å². The quantitative estimate of drug-likeness (QED) is 0.409. The molecule has 8 nitrogen and oxygen atoms in total. The van der Waals surface area contributed by atoms with Gasteiger partial charge in [-0.25, -0.2) is 13.2 Å². The summed E-state index contributed by atoms with van der Waals surface area (Å²) in [6.45, 7) is 1.99. The predicted molar refractivity (Wildman–Crippen MR) is 104 cm³/mol. The number of hydrogen-bond acceptors (Lipinski definition) is 7. The molecule has 0 aromatic carbocycles. The van der Waals surface area contributed by atoms with E-state index < -0.39 is 45.7 Å². The highest BCUT2D eigenvalue weighted by molar-refractivity contribution is 7.92. The highest BCUT2D eigenvalue weighted by Crippen LogP contribution is 2.33. The lowest BCUT2D eigenvalue weighted by atomic mass is 9.95. The van der Waals surface area contributed by atoms with Crippen molar-refractivity contribution in [3.05, 3.63) is 0 Å². The Morgan fingerprint density at radius 2 is 1.43 bits per heavy atom. The minimum Gasteiger partial charge on any atom is -0.447 e. The van der Waals surface area contributed by atoms with Crippen molar-refractivity contribution in [3.8, 4) is 0 Å². The second-order valence-corrected chi connectivity index (χ2v) is 10.2. The van der Waals surface area contributed by atoms with Crippen LogP contribution >= 0.6 is 0 Å². The number of unbranched alkanes of at least 4 members (excludes halogenated alkanes) is 9. The van der Waals surface area contributed by atoms with Crippen LogP contribution in [0.5, 0.6) is 0 Å². The molecule has 5 atom stereocenters. The summed E-state index contributed by atoms with van der Waals surface area (Å²) in [4.78, 5) is 12.8. The van der Waals surface area contributed by atoms with Gasteiger partial charge in [0.05, 0.1) is 11.8 Å². The van der Waals surface area contributed by atoms with Crippen LogP contribution in [0.1, 0.15) is 71.1 Å². The van der Waals surface area contributed by atoms with Crippen molar-refractivity contribution in [2.24, 2.45) is 0 Å². The molecule has 0 spiro atoms. The lowest BCUT2D eigenvalue weighted by Crippen LogP contribution is -2.67. The lowest BCUT2D eigenvalue weighted by Gasteiger charge is -2.43. The van der Waals surface area contributed by atoms with Crippen molar-refractivity contribution in [1.29, 1.82) is 0 Å². The van der Waals surface area contributed by atoms with Crippen molar-refractivity contribution < 1.29 is 33.3 Å². The van der Waals surface area contributed by atoms with Gasteiger partial charge in [0.1, 0.15) is 24.9 Å². The summed E-state index contributed by atoms with van der Waals surface area (Å²) in [5, 5.41) is 28.7. The Hall–Kier alpha value is -0.900. The van der Waals surface area contributed by atoms with E-state index in [1.54, 1.807) is 0 Å². The molecule has 0 aromatic heterocycles. The molecule has 0 saturated carbocycles. The number of hydrogen-bond donors (Lipinski definition) is 3. The number of fused-ring (bicyclic) bond motifs is 1. The molecule has 0 bridgehead atoms. The zero-order valence-corrected chi connectivity index (χ0v) is 17.5. The highest BCUT2D eigenvalue weighted by atomic mass is 32.2. The number of sulfone groups is 1. The van der Waals surface area contributed by atoms with E-state index in [-0.39, 0.29) is 12.4 Å². The molecule has 9 heteroatoms. The van der Waals surface area contributed by atoms with Gasteiger partial charge in [0.2, 0.25) is 0 Å². The zero-order chi connectivity index (χ0) is 20.7. The molecule has 2 aliphatic heterocycles. The second kappa shape index (κ2) is 10.8. The molecule has 2 rings (SSSR count). The molecule has 0 aliphatic carbocycles. The Bertz CT molecular complexity index is 597. The van der Waals surface area contributed by atoms with Gasteiger partial charge >= 0.3 is 6.09 Å². The van der Waals surface area contributed by atoms with E-state index in [4.69, 9.17) is 4.74 Å². The molecule has 2 unspecified atom stereocenters. The van der Waals surface area contributed by atoms with Crippen LogP contribution in [0, 0.1) is 0 Å². The molecule has 1 amide bonds. The van der Waals surface area contributed by atoms with Crippen molar-refractivity contribution >= 4 is 15.9 Å². The van der Waals surface area contributed by atoms with Gasteiger partial charge in [0.15, 0.2) is 15.2 Å². The first-order chi connectivity index (χ1) is 13.3. The third-order valence-electron chi connectivity index (χ3n) is 5.76. The largest absolute Gasteiger partial charge is 0.447 e. The summed E-state index contributed by atoms with van der Waals surface area (Å²) in [6.07, 6.45) is 4.92. The monoisotopic (exact) mass is 421 g/mol. The summed E-state index contributed by atoms with van der Waals surface area (Å²) in [7, 11) is -3.88. The van der Waals surface area contributed by atoms with E-state index >= 15 is 0 Å². The first-order valence-corrected chi connectivity index (χ1v) is 12.2. The van der Waals surface area contributed by atoms with Crippen LogP contribution in [0.15, 0.2) is 0 Å². The number of carbonyl (C=O) groups is 1. The van der Waals surface area contributed by atoms with E-state index in [9.17, 15) is 28.5 Å². The molecule has 0 aromatic rings. The number of ether oxygens (including phenoxy) is 1. The fraction of sp³-hybridized carbons (Fsp3) is 0.947. The SMILES string of the molecule is CCCCCCCCCCCCS(=O)(=O)[C@@H]1[C@@H](O)C(O)[C@H](O)C2COC(=O)N21. The Kier molecular flexibility index (Phi) is 8.98. The van der Waals surface area contributed by atoms with Crippen LogP contribution in [0.3, 0.4) is 0 Å². The molecule has 2 saturated heterocycles. The van der Waals surface area contributed by atoms with Gasteiger partial charge in [-0.3, -0.25) is 4.90 Å². The van der Waals surface area contributed by atoms with E-state index in [1.807, 2.05) is 0 Å². The zero-order valence-electron chi connectivity index (χ0n) is 16.7. The Morgan fingerprint density at radius 3 is 2.00 bits per heavy atom. The molecule has 164 valence electrons. The first kappa shape index (κ1) is 23.4. The number of piperidine rings is 1. The molecule has 28 heavy (non-hydrogen) atoms. The highest BCUT2D eigenvalue weighted by Gasteiger charge is 2.57. The maximum Gasteiger partial charge on any atom is 0.411 e. The van der Waals surface area contributed by atoms with Crippen LogP contribution in [0.4, 0.5) is 4.79 Å². The van der Waals surface area contributed by atoms with Crippen LogP contribution in [-0.2, 0) is 14.6 Å². The molecule has 2 fully saturated rings. The van der Waals surface area contributed by atoms with E-state index in [0.717, 1.165) is 30.6 Å². The fourth-order valence-corrected chi connectivity index (χ4v) is 6.08. The average Bonchev–Trinajstić information content (AvgIpc) is 3.02. The minimum atomic E-state index is -3.88. The summed E-state index contributed by atoms with van der Waals surface area (Å²) in [6, 6.07) is -0.960. The second-order valence-electron chi connectivity index (χ2n) is 7.96. The van der Waals surface area contributed by atoms with Crippen LogP contribution in [0.2, 0.25) is 0 Å². The standard InChI is InChI=1S/C19H35NO7S/c1-2-3-4-5-6-7-8-9-10-11-12-28(25,26)18-17(23)16(22)15(21)14-13-27-19(24)20(14)18/h14-18,21-23H,2-13H2,1H3/t14?,15-,16?,17+,18-/m1/s1. The normalized spacial score (nSPS) is 30.4. The Morgan fingerprint density at radius 1 is 0.893 bits per heavy atom. The number of cyclic esters (lactones) is 1. The van der Waals surface area contributed by atoms with Crippen LogP contribution in [-0.4, -0.2) is 76.8 Å². The maximum absolute atomic E-state index is 12.8. The molecule has 2 heterocycles. The number of aliphatic hydroxyl groups excluding tert-OH is 3. The maximum atomic E-state index is 12.8. The average molecular weight is 422 g/mol. The van der Waals surface area contributed by atoms with E-state index in [2.05, 4.69) is 6.92 Å². The third-order valence-corrected chi connectivity index (χ3v) is 7.86. The van der Waals surface area contributed by atoms with Crippen LogP contribution in [0.25, 0.3) is 0 Å². The van der Waals surface area contributed by atoms with Gasteiger partial charge in [-0.1, -0.05) is 64.7 Å². The number of rotatable bonds is 12. The lowest BCUT2D eigenvalue weighted by molar-refractivity contribution is -0.126. The van der Waals surface area contributed by atoms with Gasteiger partial charge in [0, 0.05) is 0 Å². The molecular formula is C19H35NO7S. The third kappa shape index (κ3) is 5.58. The van der Waals surface area contributed by atoms with E-state index in [0.29, 0.717) is 6.42 Å². The van der Waals surface area contributed by atoms with Gasteiger partial charge in [0.25, 0.3) is 0 Å². The molecule has 3 N–H and O–H groups in total. The van der Waals surface area contributed by atoms with Gasteiger partial charge in [-0.05, 0) is 6.42 Å². The summed E-state index contributed by atoms with van der Waals surface area (Å²) in [5.41, 5.74) is 0. The Labute approximate surface area is 167 Å². The number of carbonyl (C=O) groups excluding carboxylic acids is 1. The summed E-state index contributed by atoms with van der Waals surface area (Å²) in [5.74, 6) is -0.176. The summed E-state index contributed by atoms with van der Waals surface area (Å²) < 4.78 is 30.4. The van der Waals surface area contributed by atoms with Crippen LogP contribution < -0.4 is 0 Å². The minimum absolute atomic E-state index is 0.176. The van der Waals surface area contributed by atoms with Crippen molar-refractivity contribution in [1.82, 2.24) is 4.90 Å². The van der Waals surface area contributed by atoms with Crippen molar-refractivity contribution in [2.45, 2.75) is 101 Å². The number of nitrogens with zero attached hydrogens (tertiary/aromatic N) is 1. The molecular weight excluding hydrogens is 386 g/mol. The van der Waals surface area contributed by atoms with Gasteiger partial charge in [-0.15, -0.1) is 0 Å². The van der Waals surface area contributed by atoms with Crippen molar-refractivity contribution in [3.63, 3.8) is 0 Å². The fourth-order valence-electron chi connectivity index (χ4n) is 4.06. The number of aliphatic hydroxyl groups is 3. The number of amides is 1. The molecule has 2 aliphatic rings. The predicted octanol–water partition coefficient (Wildman–Crippen LogP) is 1.57. The topological polar surface area (TPSA) is 124 Å². The Balaban J connectivity index is 1.79. The van der Waals surface area contributed by atoms with Gasteiger partial charge < -0.3 is 20.1 Å². The first-order valence-electron chi connectivity index (χ1n) is 10.5.